The molecule has 2 unspecified atom stereocenters. The summed E-state index contributed by atoms with van der Waals surface area (Å²) in [6.45, 7) is 11.7. The molecule has 0 aromatic carbocycles. The summed E-state index contributed by atoms with van der Waals surface area (Å²) in [4.78, 5) is 11.4. The van der Waals surface area contributed by atoms with E-state index in [-0.39, 0.29) is 6.29 Å². The van der Waals surface area contributed by atoms with E-state index in [0.29, 0.717) is 18.6 Å². The van der Waals surface area contributed by atoms with Crippen molar-refractivity contribution in [3.63, 3.8) is 0 Å². The molecule has 0 bridgehead atoms. The predicted octanol–water partition coefficient (Wildman–Crippen LogP) is 3.02. The molecule has 0 aromatic heterocycles. The van der Waals surface area contributed by atoms with Crippen molar-refractivity contribution >= 4 is 5.97 Å². The zero-order chi connectivity index (χ0) is 13.3. The Bertz CT molecular complexity index is 238. The van der Waals surface area contributed by atoms with Crippen molar-refractivity contribution in [2.75, 3.05) is 6.61 Å². The Hall–Kier alpha value is -0.870. The first-order valence-electron chi connectivity index (χ1n) is 6.18. The van der Waals surface area contributed by atoms with E-state index < -0.39 is 12.3 Å². The summed E-state index contributed by atoms with van der Waals surface area (Å²) in [5, 5.41) is 0. The van der Waals surface area contributed by atoms with Crippen LogP contribution in [0.15, 0.2) is 12.2 Å². The highest BCUT2D eigenvalue weighted by atomic mass is 16.8. The van der Waals surface area contributed by atoms with E-state index in [1.165, 1.54) is 0 Å². The molecule has 0 saturated heterocycles. The van der Waals surface area contributed by atoms with Gasteiger partial charge >= 0.3 is 5.97 Å². The molecular formula is C13H24O4. The molecule has 17 heavy (non-hydrogen) atoms. The lowest BCUT2D eigenvalue weighted by Crippen LogP contribution is -2.28. The van der Waals surface area contributed by atoms with Gasteiger partial charge in [-0.3, -0.25) is 0 Å². The van der Waals surface area contributed by atoms with E-state index in [1.54, 1.807) is 6.92 Å². The van der Waals surface area contributed by atoms with E-state index in [9.17, 15) is 4.79 Å². The summed E-state index contributed by atoms with van der Waals surface area (Å²) in [7, 11) is 0. The van der Waals surface area contributed by atoms with Crippen LogP contribution in [0.3, 0.4) is 0 Å². The largest absolute Gasteiger partial charge is 0.432 e. The molecule has 0 saturated carbocycles. The lowest BCUT2D eigenvalue weighted by Gasteiger charge is -2.23. The Kier molecular flexibility index (Phi) is 8.72. The molecule has 0 rings (SSSR count). The van der Waals surface area contributed by atoms with Crippen LogP contribution in [0, 0.1) is 0 Å². The van der Waals surface area contributed by atoms with Crippen LogP contribution < -0.4 is 0 Å². The highest BCUT2D eigenvalue weighted by Gasteiger charge is 2.18. The van der Waals surface area contributed by atoms with Crippen molar-refractivity contribution in [2.45, 2.75) is 59.5 Å². The molecule has 2 atom stereocenters. The Balaban J connectivity index is 4.16. The molecule has 0 aromatic rings. The average molecular weight is 244 g/mol. The first-order chi connectivity index (χ1) is 8.04. The third-order valence-electron chi connectivity index (χ3n) is 2.07. The van der Waals surface area contributed by atoms with Gasteiger partial charge < -0.3 is 14.2 Å². The minimum absolute atomic E-state index is 0.321. The average Bonchev–Trinajstić information content (AvgIpc) is 2.32. The minimum atomic E-state index is -0.569. The normalized spacial score (nSPS) is 14.1. The van der Waals surface area contributed by atoms with E-state index >= 15 is 0 Å². The molecule has 4 nitrogen and oxygen atoms in total. The topological polar surface area (TPSA) is 44.8 Å². The van der Waals surface area contributed by atoms with Gasteiger partial charge in [0.05, 0.1) is 0 Å². The van der Waals surface area contributed by atoms with Crippen LogP contribution >= 0.6 is 0 Å². The van der Waals surface area contributed by atoms with Crippen molar-refractivity contribution in [3.05, 3.63) is 12.2 Å². The molecule has 0 spiro atoms. The maximum absolute atomic E-state index is 11.4. The maximum atomic E-state index is 11.4. The van der Waals surface area contributed by atoms with Gasteiger partial charge in [-0.2, -0.15) is 0 Å². The van der Waals surface area contributed by atoms with E-state index in [2.05, 4.69) is 6.58 Å². The third-order valence-corrected chi connectivity index (χ3v) is 2.07. The molecule has 100 valence electrons. The Morgan fingerprint density at radius 3 is 2.18 bits per heavy atom. The minimum Gasteiger partial charge on any atom is -0.432 e. The van der Waals surface area contributed by atoms with Gasteiger partial charge in [0, 0.05) is 18.6 Å². The summed E-state index contributed by atoms with van der Waals surface area (Å²) in [5.41, 5.74) is 0.370. The van der Waals surface area contributed by atoms with E-state index in [1.807, 2.05) is 20.8 Å². The molecule has 0 aliphatic rings. The number of esters is 1. The number of carbonyl (C=O) groups is 1. The Labute approximate surface area is 104 Å². The van der Waals surface area contributed by atoms with Gasteiger partial charge in [0.1, 0.15) is 0 Å². The SMILES string of the molecule is C=C(C)C(=O)OC(CC)OC(CC)OCCC. The first-order valence-corrected chi connectivity index (χ1v) is 6.18. The van der Waals surface area contributed by atoms with Gasteiger partial charge in [-0.1, -0.05) is 27.4 Å². The number of ether oxygens (including phenoxy) is 3. The van der Waals surface area contributed by atoms with Crippen LogP contribution in [0.25, 0.3) is 0 Å². The lowest BCUT2D eigenvalue weighted by atomic mass is 10.3. The number of hydrogen-bond acceptors (Lipinski definition) is 4. The van der Waals surface area contributed by atoms with Gasteiger partial charge in [-0.25, -0.2) is 4.79 Å². The van der Waals surface area contributed by atoms with Gasteiger partial charge in [0.2, 0.25) is 6.29 Å². The fourth-order valence-electron chi connectivity index (χ4n) is 1.10. The highest BCUT2D eigenvalue weighted by Crippen LogP contribution is 2.11. The summed E-state index contributed by atoms with van der Waals surface area (Å²) >= 11 is 0. The molecule has 0 heterocycles. The maximum Gasteiger partial charge on any atom is 0.335 e. The summed E-state index contributed by atoms with van der Waals surface area (Å²) < 4.78 is 16.2. The smallest absolute Gasteiger partial charge is 0.335 e. The Morgan fingerprint density at radius 1 is 1.18 bits per heavy atom. The summed E-state index contributed by atoms with van der Waals surface area (Å²) in [6, 6.07) is 0. The number of carbonyl (C=O) groups excluding carboxylic acids is 1. The zero-order valence-corrected chi connectivity index (χ0v) is 11.3. The fraction of sp³-hybridized carbons (Fsp3) is 0.769. The summed E-state index contributed by atoms with van der Waals surface area (Å²) in [6.07, 6.45) is 1.35. The lowest BCUT2D eigenvalue weighted by molar-refractivity contribution is -0.240. The third kappa shape index (κ3) is 7.13. The van der Waals surface area contributed by atoms with Crippen LogP contribution in [0.5, 0.6) is 0 Å². The van der Waals surface area contributed by atoms with Gasteiger partial charge in [0.15, 0.2) is 6.29 Å². The van der Waals surface area contributed by atoms with Gasteiger partial charge in [-0.15, -0.1) is 0 Å². The van der Waals surface area contributed by atoms with Crippen molar-refractivity contribution in [2.24, 2.45) is 0 Å². The highest BCUT2D eigenvalue weighted by molar-refractivity contribution is 5.86. The molecule has 0 aliphatic carbocycles. The molecular weight excluding hydrogens is 220 g/mol. The van der Waals surface area contributed by atoms with Crippen LogP contribution in [0.2, 0.25) is 0 Å². The van der Waals surface area contributed by atoms with Crippen LogP contribution in [0.4, 0.5) is 0 Å². The van der Waals surface area contributed by atoms with Crippen LogP contribution in [-0.2, 0) is 19.0 Å². The van der Waals surface area contributed by atoms with Gasteiger partial charge in [0.25, 0.3) is 0 Å². The zero-order valence-electron chi connectivity index (χ0n) is 11.3. The van der Waals surface area contributed by atoms with Crippen LogP contribution in [0.1, 0.15) is 47.0 Å². The number of rotatable bonds is 9. The van der Waals surface area contributed by atoms with Crippen molar-refractivity contribution < 1.29 is 19.0 Å². The quantitative estimate of drug-likeness (QED) is 0.355. The Morgan fingerprint density at radius 2 is 1.76 bits per heavy atom. The predicted molar refractivity (Wildman–Crippen MR) is 66.4 cm³/mol. The second-order valence-electron chi connectivity index (χ2n) is 3.87. The number of hydrogen-bond donors (Lipinski definition) is 0. The van der Waals surface area contributed by atoms with Crippen LogP contribution in [-0.4, -0.2) is 25.2 Å². The van der Waals surface area contributed by atoms with E-state index in [4.69, 9.17) is 14.2 Å². The van der Waals surface area contributed by atoms with Gasteiger partial charge in [-0.05, 0) is 19.8 Å². The van der Waals surface area contributed by atoms with Crippen molar-refractivity contribution in [1.29, 1.82) is 0 Å². The molecule has 0 amide bonds. The molecule has 4 heteroatoms. The van der Waals surface area contributed by atoms with Crippen molar-refractivity contribution in [1.82, 2.24) is 0 Å². The van der Waals surface area contributed by atoms with Crippen molar-refractivity contribution in [3.8, 4) is 0 Å². The van der Waals surface area contributed by atoms with E-state index in [0.717, 1.165) is 12.8 Å². The molecule has 0 fully saturated rings. The standard InChI is InChI=1S/C13H24O4/c1-6-9-15-11(7-2)16-12(8-3)17-13(14)10(4)5/h11-12H,4,6-9H2,1-3,5H3. The molecule has 0 N–H and O–H groups in total. The second-order valence-corrected chi connectivity index (χ2v) is 3.87. The second kappa shape index (κ2) is 9.19. The fourth-order valence-corrected chi connectivity index (χ4v) is 1.10. The molecule has 0 aliphatic heterocycles. The monoisotopic (exact) mass is 244 g/mol. The first kappa shape index (κ1) is 16.1. The summed E-state index contributed by atoms with van der Waals surface area (Å²) in [5.74, 6) is -0.429. The molecule has 0 radical (unpaired) electrons.